The van der Waals surface area contributed by atoms with E-state index in [0.717, 1.165) is 62.9 Å². The van der Waals surface area contributed by atoms with Crippen molar-refractivity contribution in [1.29, 1.82) is 10.5 Å². The third-order valence-corrected chi connectivity index (χ3v) is 9.56. The second-order valence-electron chi connectivity index (χ2n) is 12.7. The number of nitrogens with zero attached hydrogens (tertiary/aromatic N) is 3. The van der Waals surface area contributed by atoms with Gasteiger partial charge >= 0.3 is 0 Å². The first kappa shape index (κ1) is 32.7. The summed E-state index contributed by atoms with van der Waals surface area (Å²) in [6.45, 7) is 9.70. The molecule has 0 heterocycles. The van der Waals surface area contributed by atoms with Gasteiger partial charge in [-0.2, -0.15) is 10.5 Å². The summed E-state index contributed by atoms with van der Waals surface area (Å²) in [7, 11) is 0. The molecule has 0 aliphatic rings. The second kappa shape index (κ2) is 15.1. The lowest BCUT2D eigenvalue weighted by atomic mass is 9.80. The first-order chi connectivity index (χ1) is 23.6. The lowest BCUT2D eigenvalue weighted by molar-refractivity contribution is 0.258. The molecular formula is C45H43N3. The Morgan fingerprint density at radius 3 is 1.50 bits per heavy atom. The summed E-state index contributed by atoms with van der Waals surface area (Å²) < 4.78 is 0. The van der Waals surface area contributed by atoms with E-state index in [-0.39, 0.29) is 0 Å². The van der Waals surface area contributed by atoms with Gasteiger partial charge in [0.1, 0.15) is 0 Å². The van der Waals surface area contributed by atoms with E-state index in [2.05, 4.69) is 111 Å². The van der Waals surface area contributed by atoms with Crippen LogP contribution in [0, 0.1) is 22.7 Å². The van der Waals surface area contributed by atoms with Crippen molar-refractivity contribution in [3.05, 3.63) is 131 Å². The minimum atomic E-state index is 0.664. The number of hydrogen-bond donors (Lipinski definition) is 0. The number of benzene rings is 6. The molecule has 3 nitrogen and oxygen atoms in total. The van der Waals surface area contributed by atoms with Crippen molar-refractivity contribution >= 4 is 21.5 Å². The molecule has 238 valence electrons. The van der Waals surface area contributed by atoms with Gasteiger partial charge < -0.3 is 0 Å². The van der Waals surface area contributed by atoms with Gasteiger partial charge in [-0.05, 0) is 135 Å². The molecule has 0 atom stereocenters. The summed E-state index contributed by atoms with van der Waals surface area (Å²) >= 11 is 0. The van der Waals surface area contributed by atoms with Crippen molar-refractivity contribution < 1.29 is 0 Å². The minimum absolute atomic E-state index is 0.664. The number of fused-ring (bicyclic) bond motifs is 2. The minimum Gasteiger partial charge on any atom is -0.299 e. The summed E-state index contributed by atoms with van der Waals surface area (Å²) in [6, 6.07) is 43.0. The zero-order valence-electron chi connectivity index (χ0n) is 28.4. The molecular weight excluding hydrogens is 583 g/mol. The molecule has 6 aromatic rings. The summed E-state index contributed by atoms with van der Waals surface area (Å²) in [5.74, 6) is 0. The molecule has 6 rings (SSSR count). The Morgan fingerprint density at radius 2 is 1.02 bits per heavy atom. The van der Waals surface area contributed by atoms with E-state index < -0.39 is 0 Å². The molecule has 0 bridgehead atoms. The molecule has 0 spiro atoms. The number of nitriles is 2. The van der Waals surface area contributed by atoms with E-state index >= 15 is 0 Å². The predicted octanol–water partition coefficient (Wildman–Crippen LogP) is 11.7. The molecule has 0 unspecified atom stereocenters. The molecule has 0 amide bonds. The largest absolute Gasteiger partial charge is 0.299 e. The van der Waals surface area contributed by atoms with Crippen LogP contribution in [-0.2, 0) is 13.0 Å². The van der Waals surface area contributed by atoms with Crippen LogP contribution in [0.3, 0.4) is 0 Å². The highest BCUT2D eigenvalue weighted by atomic mass is 15.1. The van der Waals surface area contributed by atoms with Gasteiger partial charge in [-0.15, -0.1) is 0 Å². The van der Waals surface area contributed by atoms with Gasteiger partial charge in [0, 0.05) is 6.54 Å². The maximum atomic E-state index is 9.91. The topological polar surface area (TPSA) is 50.8 Å². The fourth-order valence-electron chi connectivity index (χ4n) is 7.17. The van der Waals surface area contributed by atoms with Crippen LogP contribution in [-0.4, -0.2) is 18.0 Å². The van der Waals surface area contributed by atoms with E-state index in [1.54, 1.807) is 0 Å². The standard InChI is InChI=1S/C45H43N3/c1-4-7-23-48(24-8-5-2)31-43-42(35-20-14-16-33(26-35)30-47)28-37-18-10-12-22-40(37)45(43)44-38(6-3)41(27-36-17-9-11-21-39(36)44)34-19-13-15-32(25-34)29-46/h9-22,25-28H,4-8,23-24,31H2,1-3H3. The van der Waals surface area contributed by atoms with Crippen LogP contribution in [0.15, 0.2) is 109 Å². The SMILES string of the molecule is CCCCN(CCCC)Cc1c(-c2cccc(C#N)c2)cc2ccccc2c1-c1c(CC)c(-c2cccc(C#N)c2)cc2ccccc12. The average Bonchev–Trinajstić information content (AvgIpc) is 3.14. The molecule has 0 radical (unpaired) electrons. The van der Waals surface area contributed by atoms with E-state index in [0.29, 0.717) is 11.1 Å². The Kier molecular flexibility index (Phi) is 10.3. The first-order valence-electron chi connectivity index (χ1n) is 17.4. The lowest BCUT2D eigenvalue weighted by Gasteiger charge is -2.28. The summed E-state index contributed by atoms with van der Waals surface area (Å²) in [6.07, 6.45) is 5.44. The van der Waals surface area contributed by atoms with Gasteiger partial charge in [0.2, 0.25) is 0 Å². The monoisotopic (exact) mass is 625 g/mol. The van der Waals surface area contributed by atoms with Gasteiger partial charge in [-0.1, -0.05) is 106 Å². The number of unbranched alkanes of at least 4 members (excludes halogenated alkanes) is 2. The van der Waals surface area contributed by atoms with Crippen LogP contribution in [0.2, 0.25) is 0 Å². The van der Waals surface area contributed by atoms with Crippen molar-refractivity contribution in [2.75, 3.05) is 13.1 Å². The molecule has 0 saturated heterocycles. The predicted molar refractivity (Wildman–Crippen MR) is 202 cm³/mol. The molecule has 6 aromatic carbocycles. The molecule has 48 heavy (non-hydrogen) atoms. The van der Waals surface area contributed by atoms with E-state index in [1.807, 2.05) is 36.4 Å². The van der Waals surface area contributed by atoms with Crippen LogP contribution in [0.1, 0.15) is 68.7 Å². The highest BCUT2D eigenvalue weighted by molar-refractivity contribution is 6.11. The third kappa shape index (κ3) is 6.61. The van der Waals surface area contributed by atoms with Crippen molar-refractivity contribution in [3.8, 4) is 45.5 Å². The van der Waals surface area contributed by atoms with Crippen LogP contribution >= 0.6 is 0 Å². The van der Waals surface area contributed by atoms with E-state index in [9.17, 15) is 10.5 Å². The highest BCUT2D eigenvalue weighted by Gasteiger charge is 2.24. The van der Waals surface area contributed by atoms with Crippen molar-refractivity contribution in [1.82, 2.24) is 4.90 Å². The van der Waals surface area contributed by atoms with Gasteiger partial charge in [-0.25, -0.2) is 0 Å². The normalized spacial score (nSPS) is 11.2. The van der Waals surface area contributed by atoms with E-state index in [4.69, 9.17) is 0 Å². The zero-order valence-corrected chi connectivity index (χ0v) is 28.4. The second-order valence-corrected chi connectivity index (χ2v) is 12.7. The Labute approximate surface area is 285 Å². The quantitative estimate of drug-likeness (QED) is 0.136. The third-order valence-electron chi connectivity index (χ3n) is 9.56. The summed E-state index contributed by atoms with van der Waals surface area (Å²) in [4.78, 5) is 2.65. The first-order valence-corrected chi connectivity index (χ1v) is 17.4. The molecule has 0 aliphatic carbocycles. The Hall–Kier alpha value is -5.22. The lowest BCUT2D eigenvalue weighted by Crippen LogP contribution is -2.26. The van der Waals surface area contributed by atoms with Crippen molar-refractivity contribution in [2.45, 2.75) is 59.4 Å². The molecule has 3 heteroatoms. The van der Waals surface area contributed by atoms with Crippen LogP contribution < -0.4 is 0 Å². The Balaban J connectivity index is 1.77. The fourth-order valence-corrected chi connectivity index (χ4v) is 7.17. The molecule has 0 aliphatic heterocycles. The smallest absolute Gasteiger partial charge is 0.0991 e. The molecule has 0 N–H and O–H groups in total. The number of hydrogen-bond acceptors (Lipinski definition) is 3. The molecule has 0 fully saturated rings. The fraction of sp³-hybridized carbons (Fsp3) is 0.244. The Bertz CT molecular complexity index is 2150. The zero-order chi connectivity index (χ0) is 33.5. The summed E-state index contributed by atoms with van der Waals surface area (Å²) in [5, 5.41) is 24.5. The average molecular weight is 626 g/mol. The van der Waals surface area contributed by atoms with Crippen LogP contribution in [0.25, 0.3) is 54.9 Å². The molecule has 0 saturated carbocycles. The van der Waals surface area contributed by atoms with Gasteiger partial charge in [0.15, 0.2) is 0 Å². The Morgan fingerprint density at radius 1 is 0.542 bits per heavy atom. The maximum absolute atomic E-state index is 9.91. The van der Waals surface area contributed by atoms with E-state index in [1.165, 1.54) is 54.9 Å². The summed E-state index contributed by atoms with van der Waals surface area (Å²) in [5.41, 5.74) is 10.9. The van der Waals surface area contributed by atoms with Crippen LogP contribution in [0.4, 0.5) is 0 Å². The van der Waals surface area contributed by atoms with Crippen LogP contribution in [0.5, 0.6) is 0 Å². The maximum Gasteiger partial charge on any atom is 0.0991 e. The molecule has 0 aromatic heterocycles. The van der Waals surface area contributed by atoms with Gasteiger partial charge in [-0.3, -0.25) is 4.90 Å². The van der Waals surface area contributed by atoms with Gasteiger partial charge in [0.05, 0.1) is 23.3 Å². The van der Waals surface area contributed by atoms with Gasteiger partial charge in [0.25, 0.3) is 0 Å². The van der Waals surface area contributed by atoms with Crippen molar-refractivity contribution in [3.63, 3.8) is 0 Å². The highest BCUT2D eigenvalue weighted by Crippen LogP contribution is 2.46. The number of rotatable bonds is 12. The van der Waals surface area contributed by atoms with Crippen molar-refractivity contribution in [2.24, 2.45) is 0 Å².